The van der Waals surface area contributed by atoms with Gasteiger partial charge in [0.15, 0.2) is 0 Å². The van der Waals surface area contributed by atoms with E-state index in [9.17, 15) is 23.6 Å². The van der Waals surface area contributed by atoms with Crippen molar-refractivity contribution < 1.29 is 18.4 Å². The molecule has 1 N–H and O–H groups in total. The van der Waals surface area contributed by atoms with Crippen molar-refractivity contribution in [1.29, 1.82) is 0 Å². The van der Waals surface area contributed by atoms with Gasteiger partial charge in [0.25, 0.3) is 15.7 Å². The van der Waals surface area contributed by atoms with Crippen LogP contribution in [0.2, 0.25) is 0 Å². The third-order valence-corrected chi connectivity index (χ3v) is 8.09. The van der Waals surface area contributed by atoms with E-state index in [-0.39, 0.29) is 29.4 Å². The van der Waals surface area contributed by atoms with Crippen LogP contribution in [0, 0.1) is 17.0 Å². The van der Waals surface area contributed by atoms with Crippen LogP contribution in [0.15, 0.2) is 114 Å². The number of aliphatic hydroxyl groups excluding tert-OH is 1. The molecule has 4 rings (SSSR count). The molecule has 9 heteroatoms. The van der Waals surface area contributed by atoms with Crippen molar-refractivity contribution in [2.45, 2.75) is 31.0 Å². The first-order valence-electron chi connectivity index (χ1n) is 12.5. The van der Waals surface area contributed by atoms with Crippen molar-refractivity contribution in [3.05, 3.63) is 136 Å². The summed E-state index contributed by atoms with van der Waals surface area (Å²) in [5.41, 5.74) is 2.89. The molecule has 0 spiro atoms. The van der Waals surface area contributed by atoms with E-state index >= 15 is 0 Å². The van der Waals surface area contributed by atoms with E-state index < -0.39 is 21.1 Å². The number of nitro groups is 1. The average molecular weight is 546 g/mol. The molecule has 1 atom stereocenters. The molecule has 0 bridgehead atoms. The molecule has 0 aliphatic heterocycles. The third-order valence-electron chi connectivity index (χ3n) is 6.28. The smallest absolute Gasteiger partial charge is 0.271 e. The Morgan fingerprint density at radius 1 is 0.795 bits per heavy atom. The van der Waals surface area contributed by atoms with Crippen molar-refractivity contribution in [3.8, 4) is 0 Å². The van der Waals surface area contributed by atoms with Gasteiger partial charge < -0.3 is 5.11 Å². The van der Waals surface area contributed by atoms with Crippen LogP contribution in [0.4, 0.5) is 11.4 Å². The summed E-state index contributed by atoms with van der Waals surface area (Å²) in [6.07, 6.45) is -1.09. The van der Waals surface area contributed by atoms with E-state index in [1.54, 1.807) is 12.1 Å². The summed E-state index contributed by atoms with van der Waals surface area (Å²) >= 11 is 0. The Balaban J connectivity index is 1.63. The SMILES string of the molecule is Cc1ccc(S(=O)(=O)N(C[C@H](O)CN(Cc2ccccc2)Cc2ccccc2)c2cccc([N+](=O)[O-])c2)cc1. The molecule has 0 aliphatic carbocycles. The summed E-state index contributed by atoms with van der Waals surface area (Å²) in [4.78, 5) is 13.0. The molecule has 39 heavy (non-hydrogen) atoms. The third kappa shape index (κ3) is 7.51. The van der Waals surface area contributed by atoms with Crippen molar-refractivity contribution in [1.82, 2.24) is 4.90 Å². The quantitative estimate of drug-likeness (QED) is 0.195. The van der Waals surface area contributed by atoms with Gasteiger partial charge in [0.2, 0.25) is 0 Å². The highest BCUT2D eigenvalue weighted by Gasteiger charge is 2.29. The number of hydrogen-bond acceptors (Lipinski definition) is 6. The zero-order chi connectivity index (χ0) is 27.8. The molecule has 0 amide bonds. The Kier molecular flexibility index (Phi) is 9.08. The van der Waals surface area contributed by atoms with Crippen LogP contribution in [0.3, 0.4) is 0 Å². The van der Waals surface area contributed by atoms with Gasteiger partial charge in [-0.25, -0.2) is 8.42 Å². The second-order valence-corrected chi connectivity index (χ2v) is 11.3. The molecule has 4 aromatic rings. The minimum atomic E-state index is -4.13. The highest BCUT2D eigenvalue weighted by molar-refractivity contribution is 7.92. The van der Waals surface area contributed by atoms with Crippen LogP contribution >= 0.6 is 0 Å². The van der Waals surface area contributed by atoms with E-state index in [1.807, 2.05) is 67.6 Å². The van der Waals surface area contributed by atoms with Crippen molar-refractivity contribution in [2.24, 2.45) is 0 Å². The standard InChI is InChI=1S/C30H31N3O5S/c1-24-15-17-30(18-16-24)39(37,38)32(27-13-8-14-28(19-27)33(35)36)23-29(34)22-31(20-25-9-4-2-5-10-25)21-26-11-6-3-7-12-26/h2-19,29,34H,20-23H2,1H3/t29-/m1/s1. The maximum atomic E-state index is 13.8. The lowest BCUT2D eigenvalue weighted by atomic mass is 10.1. The largest absolute Gasteiger partial charge is 0.390 e. The van der Waals surface area contributed by atoms with Gasteiger partial charge in [0, 0.05) is 31.8 Å². The van der Waals surface area contributed by atoms with Crippen LogP contribution in [-0.4, -0.2) is 42.5 Å². The Labute approximate surface area is 229 Å². The Hall–Kier alpha value is -4.05. The predicted octanol–water partition coefficient (Wildman–Crippen LogP) is 5.16. The minimum absolute atomic E-state index is 0.0391. The number of nitrogens with zero attached hydrogens (tertiary/aromatic N) is 3. The average Bonchev–Trinajstić information content (AvgIpc) is 2.93. The first kappa shape index (κ1) is 28.0. The number of rotatable bonds is 12. The maximum Gasteiger partial charge on any atom is 0.271 e. The molecular formula is C30H31N3O5S. The number of anilines is 1. The first-order valence-corrected chi connectivity index (χ1v) is 14.0. The van der Waals surface area contributed by atoms with Crippen molar-refractivity contribution in [2.75, 3.05) is 17.4 Å². The summed E-state index contributed by atoms with van der Waals surface area (Å²) < 4.78 is 28.6. The van der Waals surface area contributed by atoms with Gasteiger partial charge in [-0.3, -0.25) is 19.3 Å². The van der Waals surface area contributed by atoms with E-state index in [4.69, 9.17) is 0 Å². The molecule has 4 aromatic carbocycles. The van der Waals surface area contributed by atoms with Crippen LogP contribution in [-0.2, 0) is 23.1 Å². The summed E-state index contributed by atoms with van der Waals surface area (Å²) in [6.45, 7) is 2.85. The predicted molar refractivity (Wildman–Crippen MR) is 152 cm³/mol. The van der Waals surface area contributed by atoms with Crippen LogP contribution in [0.1, 0.15) is 16.7 Å². The van der Waals surface area contributed by atoms with E-state index in [2.05, 4.69) is 4.90 Å². The number of hydrogen-bond donors (Lipinski definition) is 1. The zero-order valence-electron chi connectivity index (χ0n) is 21.6. The van der Waals surface area contributed by atoms with Crippen molar-refractivity contribution >= 4 is 21.4 Å². The normalized spacial score (nSPS) is 12.3. The fourth-order valence-corrected chi connectivity index (χ4v) is 5.85. The van der Waals surface area contributed by atoms with Gasteiger partial charge in [0.05, 0.1) is 28.2 Å². The number of benzene rings is 4. The minimum Gasteiger partial charge on any atom is -0.390 e. The summed E-state index contributed by atoms with van der Waals surface area (Å²) in [5.74, 6) is 0. The van der Waals surface area contributed by atoms with Gasteiger partial charge in [0.1, 0.15) is 0 Å². The molecule has 0 radical (unpaired) electrons. The monoisotopic (exact) mass is 545 g/mol. The lowest BCUT2D eigenvalue weighted by Gasteiger charge is -2.30. The molecule has 0 heterocycles. The highest BCUT2D eigenvalue weighted by Crippen LogP contribution is 2.28. The Bertz CT molecular complexity index is 1440. The Morgan fingerprint density at radius 3 is 1.90 bits per heavy atom. The molecule has 0 aromatic heterocycles. The number of non-ortho nitro benzene ring substituents is 1. The van der Waals surface area contributed by atoms with Crippen LogP contribution < -0.4 is 4.31 Å². The lowest BCUT2D eigenvalue weighted by Crippen LogP contribution is -2.42. The molecule has 8 nitrogen and oxygen atoms in total. The fourth-order valence-electron chi connectivity index (χ4n) is 4.36. The Morgan fingerprint density at radius 2 is 1.36 bits per heavy atom. The van der Waals surface area contributed by atoms with Gasteiger partial charge in [-0.1, -0.05) is 84.4 Å². The number of aliphatic hydroxyl groups is 1. The van der Waals surface area contributed by atoms with Gasteiger partial charge in [-0.2, -0.15) is 0 Å². The van der Waals surface area contributed by atoms with Crippen molar-refractivity contribution in [3.63, 3.8) is 0 Å². The first-order chi connectivity index (χ1) is 18.7. The van der Waals surface area contributed by atoms with Gasteiger partial charge in [-0.15, -0.1) is 0 Å². The summed E-state index contributed by atoms with van der Waals surface area (Å²) in [6, 6.07) is 31.5. The topological polar surface area (TPSA) is 104 Å². The molecule has 202 valence electrons. The summed E-state index contributed by atoms with van der Waals surface area (Å²) in [7, 11) is -4.13. The number of aryl methyl sites for hydroxylation is 1. The van der Waals surface area contributed by atoms with Crippen LogP contribution in [0.25, 0.3) is 0 Å². The molecule has 0 saturated heterocycles. The lowest BCUT2D eigenvalue weighted by molar-refractivity contribution is -0.384. The van der Waals surface area contributed by atoms with Gasteiger partial charge >= 0.3 is 0 Å². The van der Waals surface area contributed by atoms with E-state index in [0.29, 0.717) is 13.1 Å². The van der Waals surface area contributed by atoms with E-state index in [1.165, 1.54) is 36.4 Å². The molecule has 0 unspecified atom stereocenters. The fraction of sp³-hybridized carbons (Fsp3) is 0.200. The zero-order valence-corrected chi connectivity index (χ0v) is 22.4. The van der Waals surface area contributed by atoms with Crippen LogP contribution in [0.5, 0.6) is 0 Å². The second kappa shape index (κ2) is 12.7. The number of sulfonamides is 1. The maximum absolute atomic E-state index is 13.8. The second-order valence-electron chi connectivity index (χ2n) is 9.42. The van der Waals surface area contributed by atoms with E-state index in [0.717, 1.165) is 21.0 Å². The highest BCUT2D eigenvalue weighted by atomic mass is 32.2. The molecular weight excluding hydrogens is 514 g/mol. The molecule has 0 aliphatic rings. The molecule has 0 fully saturated rings. The summed E-state index contributed by atoms with van der Waals surface area (Å²) in [5, 5.41) is 22.7. The van der Waals surface area contributed by atoms with Gasteiger partial charge in [-0.05, 0) is 36.2 Å². The number of nitro benzene ring substituents is 1. The molecule has 0 saturated carbocycles.